The number of ether oxygens (including phenoxy) is 2. The van der Waals surface area contributed by atoms with E-state index in [9.17, 15) is 14.4 Å². The molecule has 0 aliphatic rings. The van der Waals surface area contributed by atoms with E-state index in [1.165, 1.54) is 0 Å². The van der Waals surface area contributed by atoms with E-state index in [2.05, 4.69) is 41.8 Å². The molecule has 0 radical (unpaired) electrons. The molecule has 2 N–H and O–H groups in total. The van der Waals surface area contributed by atoms with Gasteiger partial charge >= 0.3 is 5.97 Å². The van der Waals surface area contributed by atoms with E-state index < -0.39 is 23.5 Å². The molecule has 0 unspecified atom stereocenters. The van der Waals surface area contributed by atoms with Gasteiger partial charge in [0.05, 0.1) is 25.0 Å². The highest BCUT2D eigenvalue weighted by molar-refractivity contribution is 5.90. The van der Waals surface area contributed by atoms with Crippen molar-refractivity contribution in [2.45, 2.75) is 72.1 Å². The Morgan fingerprint density at radius 3 is 2.09 bits per heavy atom. The summed E-state index contributed by atoms with van der Waals surface area (Å²) >= 11 is 0. The van der Waals surface area contributed by atoms with Gasteiger partial charge in [-0.3, -0.25) is 14.4 Å². The molecule has 2 amide bonds. The average Bonchev–Trinajstić information content (AvgIpc) is 2.99. The van der Waals surface area contributed by atoms with E-state index in [1.54, 1.807) is 27.9 Å². The third kappa shape index (κ3) is 11.3. The zero-order valence-electron chi connectivity index (χ0n) is 27.6. The van der Waals surface area contributed by atoms with Crippen LogP contribution in [0.5, 0.6) is 0 Å². The van der Waals surface area contributed by atoms with Crippen molar-refractivity contribution in [1.29, 1.82) is 0 Å². The largest absolute Gasteiger partial charge is 0.460 e. The molecule has 3 aromatic rings. The van der Waals surface area contributed by atoms with Crippen molar-refractivity contribution in [3.8, 4) is 11.1 Å². The lowest BCUT2D eigenvalue weighted by molar-refractivity contribution is -0.157. The number of methoxy groups -OCH3 is 1. The molecule has 0 aliphatic carbocycles. The minimum atomic E-state index is -0.807. The lowest BCUT2D eigenvalue weighted by atomic mass is 9.95. The number of rotatable bonds is 14. The molecular weight excluding hydrogens is 564 g/mol. The second-order valence-electron chi connectivity index (χ2n) is 12.7. The highest BCUT2D eigenvalue weighted by Crippen LogP contribution is 2.25. The summed E-state index contributed by atoms with van der Waals surface area (Å²) < 4.78 is 10.9. The first kappa shape index (κ1) is 35.3. The van der Waals surface area contributed by atoms with Gasteiger partial charge in [0.2, 0.25) is 11.8 Å². The first-order valence-electron chi connectivity index (χ1n) is 15.6. The predicted molar refractivity (Wildman–Crippen MR) is 180 cm³/mol. The van der Waals surface area contributed by atoms with Crippen molar-refractivity contribution in [2.75, 3.05) is 13.7 Å². The monoisotopic (exact) mass is 612 g/mol. The quantitative estimate of drug-likeness (QED) is 0.190. The second-order valence-corrected chi connectivity index (χ2v) is 12.7. The van der Waals surface area contributed by atoms with E-state index in [1.807, 2.05) is 80.6 Å². The van der Waals surface area contributed by atoms with Gasteiger partial charge in [0.1, 0.15) is 11.6 Å². The van der Waals surface area contributed by atoms with Gasteiger partial charge in [-0.05, 0) is 67.9 Å². The smallest absolute Gasteiger partial charge is 0.307 e. The van der Waals surface area contributed by atoms with Crippen molar-refractivity contribution in [1.82, 2.24) is 10.6 Å². The number of hydrogen-bond acceptors (Lipinski definition) is 5. The Morgan fingerprint density at radius 1 is 0.867 bits per heavy atom. The van der Waals surface area contributed by atoms with Gasteiger partial charge in [0.15, 0.2) is 0 Å². The third-order valence-corrected chi connectivity index (χ3v) is 7.37. The van der Waals surface area contributed by atoms with Crippen LogP contribution in [-0.4, -0.2) is 43.1 Å². The highest BCUT2D eigenvalue weighted by Gasteiger charge is 2.31. The first-order chi connectivity index (χ1) is 21.4. The molecule has 0 saturated carbocycles. The molecule has 45 heavy (non-hydrogen) atoms. The molecule has 0 aromatic heterocycles. The van der Waals surface area contributed by atoms with E-state index in [0.717, 1.165) is 27.8 Å². The molecule has 0 saturated heterocycles. The molecule has 3 rings (SSSR count). The molecule has 0 aliphatic heterocycles. The van der Waals surface area contributed by atoms with Crippen molar-refractivity contribution < 1.29 is 23.9 Å². The molecule has 7 nitrogen and oxygen atoms in total. The molecule has 3 aromatic carbocycles. The van der Waals surface area contributed by atoms with Crippen LogP contribution in [0.25, 0.3) is 17.2 Å². The van der Waals surface area contributed by atoms with Crippen LogP contribution in [0.3, 0.4) is 0 Å². The Bertz CT molecular complexity index is 1430. The maximum Gasteiger partial charge on any atom is 0.307 e. The fourth-order valence-corrected chi connectivity index (χ4v) is 5.11. The van der Waals surface area contributed by atoms with Crippen LogP contribution in [0.2, 0.25) is 0 Å². The standard InChI is InChI=1S/C38H48N2O5/c1-26(2)35(37(43)39-33(25-44-7)30-18-12-9-13-19-30)40-36(42)31(24-34(41)45-38(4,5)6)20-14-15-28-21-22-32(27(3)23-28)29-16-10-8-11-17-29/h8-19,21-23,26,31,33,35H,20,24-25H2,1-7H3,(H,39,43)(H,40,42)/b15-14+/t31-,33-,35+/m1/s1. The SMILES string of the molecule is COC[C@@H](NC(=O)[C@@H](NC(=O)[C@H](C/C=C/c1ccc(-c2ccccc2)c(C)c1)CC(=O)OC(C)(C)C)C(C)C)c1ccccc1. The van der Waals surface area contributed by atoms with Crippen LogP contribution in [0.1, 0.15) is 70.2 Å². The van der Waals surface area contributed by atoms with Gasteiger partial charge in [0.25, 0.3) is 0 Å². The summed E-state index contributed by atoms with van der Waals surface area (Å²) in [6, 6.07) is 24.8. The number of benzene rings is 3. The van der Waals surface area contributed by atoms with Gasteiger partial charge in [-0.25, -0.2) is 0 Å². The van der Waals surface area contributed by atoms with E-state index in [0.29, 0.717) is 6.42 Å². The fourth-order valence-electron chi connectivity index (χ4n) is 5.11. The summed E-state index contributed by atoms with van der Waals surface area (Å²) in [4.78, 5) is 40.0. The van der Waals surface area contributed by atoms with E-state index in [4.69, 9.17) is 9.47 Å². The zero-order valence-corrected chi connectivity index (χ0v) is 27.6. The van der Waals surface area contributed by atoms with Gasteiger partial charge in [0, 0.05) is 7.11 Å². The van der Waals surface area contributed by atoms with Crippen LogP contribution >= 0.6 is 0 Å². The summed E-state index contributed by atoms with van der Waals surface area (Å²) in [5.74, 6) is -2.08. The summed E-state index contributed by atoms with van der Waals surface area (Å²) in [7, 11) is 1.58. The summed E-state index contributed by atoms with van der Waals surface area (Å²) in [6.45, 7) is 11.5. The first-order valence-corrected chi connectivity index (χ1v) is 15.6. The van der Waals surface area contributed by atoms with Gasteiger partial charge < -0.3 is 20.1 Å². The summed E-state index contributed by atoms with van der Waals surface area (Å²) in [5.41, 5.74) is 4.67. The molecule has 0 fully saturated rings. The Labute approximate surface area is 268 Å². The van der Waals surface area contributed by atoms with Crippen LogP contribution in [0.15, 0.2) is 84.9 Å². The lowest BCUT2D eigenvalue weighted by Gasteiger charge is -2.27. The average molecular weight is 613 g/mol. The topological polar surface area (TPSA) is 93.7 Å². The number of aryl methyl sites for hydroxylation is 1. The molecular formula is C38H48N2O5. The summed E-state index contributed by atoms with van der Waals surface area (Å²) in [5, 5.41) is 5.97. The number of carbonyl (C=O) groups is 3. The van der Waals surface area contributed by atoms with Crippen molar-refractivity contribution in [3.05, 3.63) is 102 Å². The Kier molecular flexibility index (Phi) is 13.1. The maximum absolute atomic E-state index is 13.7. The Morgan fingerprint density at radius 2 is 1.51 bits per heavy atom. The minimum Gasteiger partial charge on any atom is -0.460 e. The molecule has 0 heterocycles. The van der Waals surface area contributed by atoms with Crippen LogP contribution in [0.4, 0.5) is 0 Å². The fraction of sp³-hybridized carbons (Fsp3) is 0.395. The Hall–Kier alpha value is -4.23. The van der Waals surface area contributed by atoms with E-state index in [-0.39, 0.29) is 36.8 Å². The van der Waals surface area contributed by atoms with E-state index >= 15 is 0 Å². The molecule has 0 spiro atoms. The highest BCUT2D eigenvalue weighted by atomic mass is 16.6. The summed E-state index contributed by atoms with van der Waals surface area (Å²) in [6.07, 6.45) is 4.05. The maximum atomic E-state index is 13.7. The van der Waals surface area contributed by atoms with Crippen molar-refractivity contribution in [3.63, 3.8) is 0 Å². The molecule has 0 bridgehead atoms. The minimum absolute atomic E-state index is 0.109. The number of hydrogen-bond donors (Lipinski definition) is 2. The predicted octanol–water partition coefficient (Wildman–Crippen LogP) is 7.06. The van der Waals surface area contributed by atoms with Crippen LogP contribution in [0, 0.1) is 18.8 Å². The number of carbonyl (C=O) groups excluding carboxylic acids is 3. The third-order valence-electron chi connectivity index (χ3n) is 7.37. The second kappa shape index (κ2) is 16.7. The van der Waals surface area contributed by atoms with Gasteiger partial charge in [-0.2, -0.15) is 0 Å². The number of nitrogens with one attached hydrogen (secondary N) is 2. The zero-order chi connectivity index (χ0) is 33.0. The number of allylic oxidation sites excluding steroid dienone is 1. The lowest BCUT2D eigenvalue weighted by Crippen LogP contribution is -2.52. The number of esters is 1. The van der Waals surface area contributed by atoms with Gasteiger partial charge in [-0.15, -0.1) is 0 Å². The van der Waals surface area contributed by atoms with Crippen molar-refractivity contribution in [2.24, 2.45) is 11.8 Å². The normalized spacial score (nSPS) is 13.7. The van der Waals surface area contributed by atoms with Crippen molar-refractivity contribution >= 4 is 23.9 Å². The van der Waals surface area contributed by atoms with Gasteiger partial charge in [-0.1, -0.05) is 105 Å². The Balaban J connectivity index is 1.77. The molecule has 7 heteroatoms. The van der Waals surface area contributed by atoms with Crippen LogP contribution < -0.4 is 10.6 Å². The number of amides is 2. The van der Waals surface area contributed by atoms with Crippen LogP contribution in [-0.2, 0) is 23.9 Å². The molecule has 3 atom stereocenters. The molecule has 240 valence electrons.